The fourth-order valence-electron chi connectivity index (χ4n) is 8.06. The van der Waals surface area contributed by atoms with Crippen molar-refractivity contribution >= 4 is 22.7 Å². The zero-order valence-corrected chi connectivity index (χ0v) is 30.7. The summed E-state index contributed by atoms with van der Waals surface area (Å²) in [5.41, 5.74) is 12.9. The van der Waals surface area contributed by atoms with Crippen molar-refractivity contribution in [1.82, 2.24) is 0 Å². The standard InChI is InChI=1S/C46H56N2/c1-9-45(10-2,39-19-15-17-35(7)33-39)37-21-25-42(26-22-37)48(44-31-29-41(30-32-44)47(13-5)14-6)43-27-23-38(24-28-43)46(11-3,12-4)40-20-16-18-36(8)34-40/h15-34H,9-14H2,1-8H3. The number of anilines is 4. The third-order valence-corrected chi connectivity index (χ3v) is 11.1. The van der Waals surface area contributed by atoms with Crippen molar-refractivity contribution in [2.75, 3.05) is 22.9 Å². The lowest BCUT2D eigenvalue weighted by Crippen LogP contribution is -2.26. The Hall–Kier alpha value is -4.30. The van der Waals surface area contributed by atoms with E-state index in [-0.39, 0.29) is 10.8 Å². The topological polar surface area (TPSA) is 6.48 Å². The van der Waals surface area contributed by atoms with Gasteiger partial charge in [0.05, 0.1) is 0 Å². The SMILES string of the molecule is CCN(CC)c1ccc(N(c2ccc(C(CC)(CC)c3cccc(C)c3)cc2)c2ccc(C(CC)(CC)c3cccc(C)c3)cc2)cc1. The van der Waals surface area contributed by atoms with E-state index in [0.717, 1.165) is 38.8 Å². The average molecular weight is 637 g/mol. The largest absolute Gasteiger partial charge is 0.372 e. The van der Waals surface area contributed by atoms with Crippen LogP contribution in [0.25, 0.3) is 0 Å². The molecule has 0 heterocycles. The summed E-state index contributed by atoms with van der Waals surface area (Å²) < 4.78 is 0. The first kappa shape index (κ1) is 35.0. The quantitative estimate of drug-likeness (QED) is 0.120. The number of aryl methyl sites for hydroxylation is 2. The minimum absolute atomic E-state index is 0.0120. The molecular weight excluding hydrogens is 581 g/mol. The Morgan fingerprint density at radius 2 is 0.729 bits per heavy atom. The monoisotopic (exact) mass is 636 g/mol. The molecule has 0 aliphatic carbocycles. The summed E-state index contributed by atoms with van der Waals surface area (Å²) in [6.07, 6.45) is 4.23. The smallest absolute Gasteiger partial charge is 0.0463 e. The molecule has 0 spiro atoms. The van der Waals surface area contributed by atoms with Crippen LogP contribution in [0.2, 0.25) is 0 Å². The van der Waals surface area contributed by atoms with Crippen molar-refractivity contribution in [2.45, 2.75) is 91.9 Å². The zero-order valence-electron chi connectivity index (χ0n) is 30.7. The van der Waals surface area contributed by atoms with Crippen molar-refractivity contribution in [1.29, 1.82) is 0 Å². The van der Waals surface area contributed by atoms with Crippen LogP contribution in [-0.2, 0) is 10.8 Å². The van der Waals surface area contributed by atoms with Crippen LogP contribution in [0.4, 0.5) is 22.7 Å². The van der Waals surface area contributed by atoms with Gasteiger partial charge >= 0.3 is 0 Å². The maximum absolute atomic E-state index is 2.41. The van der Waals surface area contributed by atoms with Crippen molar-refractivity contribution in [3.8, 4) is 0 Å². The highest BCUT2D eigenvalue weighted by molar-refractivity contribution is 5.78. The van der Waals surface area contributed by atoms with Crippen LogP contribution in [0.1, 0.15) is 101 Å². The number of nitrogens with zero attached hydrogens (tertiary/aromatic N) is 2. The number of benzene rings is 5. The van der Waals surface area contributed by atoms with Crippen molar-refractivity contribution in [2.24, 2.45) is 0 Å². The molecule has 2 nitrogen and oxygen atoms in total. The summed E-state index contributed by atoms with van der Waals surface area (Å²) in [5, 5.41) is 0. The van der Waals surface area contributed by atoms with Crippen LogP contribution >= 0.6 is 0 Å². The molecule has 0 fully saturated rings. The highest BCUT2D eigenvalue weighted by atomic mass is 15.1. The van der Waals surface area contributed by atoms with Gasteiger partial charge in [-0.05, 0) is 124 Å². The van der Waals surface area contributed by atoms with Gasteiger partial charge in [0.1, 0.15) is 0 Å². The molecule has 5 rings (SSSR count). The van der Waals surface area contributed by atoms with Gasteiger partial charge in [-0.1, -0.05) is 112 Å². The molecular formula is C46H56N2. The normalized spacial score (nSPS) is 11.8. The van der Waals surface area contributed by atoms with E-state index in [0.29, 0.717) is 0 Å². The highest BCUT2D eigenvalue weighted by Gasteiger charge is 2.32. The third-order valence-electron chi connectivity index (χ3n) is 11.1. The lowest BCUT2D eigenvalue weighted by atomic mass is 9.70. The van der Waals surface area contributed by atoms with Gasteiger partial charge < -0.3 is 9.80 Å². The van der Waals surface area contributed by atoms with Gasteiger partial charge in [-0.15, -0.1) is 0 Å². The van der Waals surface area contributed by atoms with Gasteiger partial charge in [-0.25, -0.2) is 0 Å². The van der Waals surface area contributed by atoms with E-state index in [1.807, 2.05) is 0 Å². The predicted molar refractivity (Wildman–Crippen MR) is 210 cm³/mol. The number of hydrogen-bond donors (Lipinski definition) is 0. The second kappa shape index (κ2) is 15.3. The first-order valence-electron chi connectivity index (χ1n) is 18.3. The van der Waals surface area contributed by atoms with Crippen LogP contribution in [0.3, 0.4) is 0 Å². The number of hydrogen-bond acceptors (Lipinski definition) is 2. The maximum atomic E-state index is 2.41. The summed E-state index contributed by atoms with van der Waals surface area (Å²) >= 11 is 0. The summed E-state index contributed by atoms with van der Waals surface area (Å²) in [4.78, 5) is 4.82. The Morgan fingerprint density at radius 3 is 1.04 bits per heavy atom. The molecule has 48 heavy (non-hydrogen) atoms. The summed E-state index contributed by atoms with van der Waals surface area (Å²) in [6, 6.07) is 46.0. The Kier molecular flexibility index (Phi) is 11.2. The van der Waals surface area contributed by atoms with E-state index in [1.54, 1.807) is 0 Å². The minimum Gasteiger partial charge on any atom is -0.372 e. The van der Waals surface area contributed by atoms with Gasteiger partial charge in [-0.2, -0.15) is 0 Å². The van der Waals surface area contributed by atoms with Crippen LogP contribution in [0.5, 0.6) is 0 Å². The zero-order chi connectivity index (χ0) is 34.3. The molecule has 0 radical (unpaired) electrons. The summed E-state index contributed by atoms with van der Waals surface area (Å²) in [6.45, 7) is 20.1. The average Bonchev–Trinajstić information content (AvgIpc) is 3.12. The minimum atomic E-state index is -0.0120. The number of rotatable bonds is 14. The molecule has 0 bridgehead atoms. The van der Waals surface area contributed by atoms with E-state index in [4.69, 9.17) is 0 Å². The lowest BCUT2D eigenvalue weighted by molar-refractivity contribution is 0.478. The molecule has 5 aromatic rings. The van der Waals surface area contributed by atoms with Gasteiger partial charge in [-0.3, -0.25) is 0 Å². The Bertz CT molecular complexity index is 1630. The van der Waals surface area contributed by atoms with Gasteiger partial charge in [0.25, 0.3) is 0 Å². The van der Waals surface area contributed by atoms with Gasteiger partial charge in [0.15, 0.2) is 0 Å². The summed E-state index contributed by atoms with van der Waals surface area (Å²) in [5.74, 6) is 0. The first-order chi connectivity index (χ1) is 23.3. The Morgan fingerprint density at radius 1 is 0.396 bits per heavy atom. The second-order valence-electron chi connectivity index (χ2n) is 13.4. The van der Waals surface area contributed by atoms with E-state index >= 15 is 0 Å². The Labute approximate surface area is 291 Å². The molecule has 0 amide bonds. The highest BCUT2D eigenvalue weighted by Crippen LogP contribution is 2.44. The third kappa shape index (κ3) is 6.68. The molecule has 0 aliphatic rings. The van der Waals surface area contributed by atoms with Crippen LogP contribution in [0.15, 0.2) is 121 Å². The lowest BCUT2D eigenvalue weighted by Gasteiger charge is -2.35. The molecule has 0 atom stereocenters. The van der Waals surface area contributed by atoms with E-state index in [1.165, 1.54) is 56.1 Å². The molecule has 250 valence electrons. The Balaban J connectivity index is 1.59. The predicted octanol–water partition coefficient (Wildman–Crippen LogP) is 12.8. The van der Waals surface area contributed by atoms with E-state index in [2.05, 4.69) is 187 Å². The van der Waals surface area contributed by atoms with Gasteiger partial charge in [0.2, 0.25) is 0 Å². The molecule has 0 N–H and O–H groups in total. The molecule has 0 saturated heterocycles. The fraction of sp³-hybridized carbons (Fsp3) is 0.348. The molecule has 0 saturated carbocycles. The molecule has 5 aromatic carbocycles. The first-order valence-corrected chi connectivity index (χ1v) is 18.3. The molecule has 0 aliphatic heterocycles. The van der Waals surface area contributed by atoms with Crippen LogP contribution in [-0.4, -0.2) is 13.1 Å². The molecule has 2 heteroatoms. The van der Waals surface area contributed by atoms with Gasteiger partial charge in [0, 0.05) is 46.7 Å². The van der Waals surface area contributed by atoms with Crippen molar-refractivity contribution in [3.63, 3.8) is 0 Å². The fourth-order valence-corrected chi connectivity index (χ4v) is 8.06. The van der Waals surface area contributed by atoms with Crippen LogP contribution < -0.4 is 9.80 Å². The van der Waals surface area contributed by atoms with E-state index in [9.17, 15) is 0 Å². The van der Waals surface area contributed by atoms with E-state index < -0.39 is 0 Å². The van der Waals surface area contributed by atoms with Crippen LogP contribution in [0, 0.1) is 13.8 Å². The second-order valence-corrected chi connectivity index (χ2v) is 13.4. The molecule has 0 unspecified atom stereocenters. The molecule has 0 aromatic heterocycles. The van der Waals surface area contributed by atoms with Crippen molar-refractivity contribution in [3.05, 3.63) is 155 Å². The summed E-state index contributed by atoms with van der Waals surface area (Å²) in [7, 11) is 0. The van der Waals surface area contributed by atoms with Crippen molar-refractivity contribution < 1.29 is 0 Å². The maximum Gasteiger partial charge on any atom is 0.0463 e.